The Hall–Kier alpha value is -1.27. The molecule has 0 atom stereocenters. The van der Waals surface area contributed by atoms with Gasteiger partial charge in [-0.3, -0.25) is 9.78 Å². The van der Waals surface area contributed by atoms with Gasteiger partial charge in [0.2, 0.25) is 0 Å². The number of pyridine rings is 1. The zero-order valence-corrected chi connectivity index (χ0v) is 15.0. The summed E-state index contributed by atoms with van der Waals surface area (Å²) in [6, 6.07) is 5.50. The van der Waals surface area contributed by atoms with Crippen molar-refractivity contribution in [1.82, 2.24) is 20.2 Å². The van der Waals surface area contributed by atoms with Crippen LogP contribution in [0.4, 0.5) is 0 Å². The lowest BCUT2D eigenvalue weighted by Gasteiger charge is -2.07. The number of aromatic nitrogens is 2. The fraction of sp³-hybridized carbons (Fsp3) is 0.333. The van der Waals surface area contributed by atoms with Crippen LogP contribution in [0, 0.1) is 0 Å². The molecule has 0 aromatic carbocycles. The number of hydrogen-bond acceptors (Lipinski definition) is 3. The number of rotatable bonds is 7. The number of nitrogens with zero attached hydrogens (tertiary/aromatic N) is 2. The average molecular weight is 378 g/mol. The van der Waals surface area contributed by atoms with Crippen molar-refractivity contribution in [3.05, 3.63) is 52.0 Å². The molecule has 2 heterocycles. The van der Waals surface area contributed by atoms with Crippen LogP contribution >= 0.6 is 35.6 Å². The number of carbonyl (C=O) groups is 1. The Morgan fingerprint density at radius 3 is 2.74 bits per heavy atom. The van der Waals surface area contributed by atoms with Gasteiger partial charge in [-0.25, -0.2) is 0 Å². The summed E-state index contributed by atoms with van der Waals surface area (Å²) in [5.41, 5.74) is 1.60. The Labute approximate surface area is 151 Å². The normalized spacial score (nSPS) is 10.2. The molecule has 2 N–H and O–H groups in total. The second-order valence-corrected chi connectivity index (χ2v) is 5.64. The van der Waals surface area contributed by atoms with Crippen molar-refractivity contribution in [2.75, 3.05) is 13.1 Å². The molecule has 0 spiro atoms. The molecule has 2 rings (SSSR count). The largest absolute Gasteiger partial charge is 0.351 e. The van der Waals surface area contributed by atoms with Crippen LogP contribution < -0.4 is 10.6 Å². The monoisotopic (exact) mass is 376 g/mol. The van der Waals surface area contributed by atoms with Gasteiger partial charge in [0.1, 0.15) is 10.8 Å². The van der Waals surface area contributed by atoms with Gasteiger partial charge in [0.15, 0.2) is 0 Å². The summed E-state index contributed by atoms with van der Waals surface area (Å²) in [5, 5.41) is 6.90. The molecule has 2 aromatic heterocycles. The molecule has 126 valence electrons. The quantitative estimate of drug-likeness (QED) is 0.729. The number of amides is 1. The molecule has 0 aliphatic rings. The predicted molar refractivity (Wildman–Crippen MR) is 95.6 cm³/mol. The maximum atomic E-state index is 12.0. The van der Waals surface area contributed by atoms with Crippen LogP contribution in [0.2, 0.25) is 10.2 Å². The molecule has 2 aromatic rings. The van der Waals surface area contributed by atoms with E-state index in [9.17, 15) is 4.79 Å². The Bertz CT molecular complexity index is 631. The molecule has 0 saturated heterocycles. The third kappa shape index (κ3) is 5.70. The molecule has 5 nitrogen and oxygen atoms in total. The Kier molecular flexibility index (Phi) is 8.41. The summed E-state index contributed by atoms with van der Waals surface area (Å²) in [6.45, 7) is 2.16. The first kappa shape index (κ1) is 19.8. The van der Waals surface area contributed by atoms with Gasteiger partial charge in [0, 0.05) is 32.5 Å². The van der Waals surface area contributed by atoms with E-state index in [-0.39, 0.29) is 18.3 Å². The van der Waals surface area contributed by atoms with E-state index in [1.165, 1.54) is 0 Å². The molecule has 1 amide bonds. The maximum Gasteiger partial charge on any atom is 0.267 e. The Balaban J connectivity index is 0.00000264. The van der Waals surface area contributed by atoms with Crippen molar-refractivity contribution in [3.63, 3.8) is 0 Å². The first-order valence-electron chi connectivity index (χ1n) is 6.98. The van der Waals surface area contributed by atoms with E-state index >= 15 is 0 Å². The molecular formula is C15H19Cl3N4O. The number of nitrogens with one attached hydrogen (secondary N) is 2. The highest BCUT2D eigenvalue weighted by molar-refractivity contribution is 6.41. The molecule has 8 heteroatoms. The minimum Gasteiger partial charge on any atom is -0.351 e. The summed E-state index contributed by atoms with van der Waals surface area (Å²) in [6.07, 6.45) is 4.41. The highest BCUT2D eigenvalue weighted by atomic mass is 35.5. The second-order valence-electron chi connectivity index (χ2n) is 4.87. The van der Waals surface area contributed by atoms with Crippen molar-refractivity contribution < 1.29 is 4.79 Å². The highest BCUT2D eigenvalue weighted by Gasteiger charge is 2.14. The van der Waals surface area contributed by atoms with Crippen LogP contribution in [-0.2, 0) is 13.6 Å². The van der Waals surface area contributed by atoms with E-state index in [0.717, 1.165) is 25.1 Å². The molecule has 0 aliphatic carbocycles. The van der Waals surface area contributed by atoms with Crippen LogP contribution in [0.3, 0.4) is 0 Å². The first-order chi connectivity index (χ1) is 10.6. The lowest BCUT2D eigenvalue weighted by molar-refractivity contribution is 0.0945. The van der Waals surface area contributed by atoms with E-state index in [1.807, 2.05) is 18.3 Å². The van der Waals surface area contributed by atoms with E-state index < -0.39 is 0 Å². The Morgan fingerprint density at radius 2 is 2.13 bits per heavy atom. The van der Waals surface area contributed by atoms with Gasteiger partial charge in [-0.1, -0.05) is 29.3 Å². The smallest absolute Gasteiger partial charge is 0.267 e. The standard InChI is InChI=1S/C15H18Cl2N4O.ClH/c1-21-13(8-12(16)14(21)17)15(22)20-7-3-6-19-10-11-4-2-5-18-9-11;/h2,4-5,8-9,19H,3,6-7,10H2,1H3,(H,20,22);1H. The van der Waals surface area contributed by atoms with Crippen molar-refractivity contribution in [3.8, 4) is 0 Å². The van der Waals surface area contributed by atoms with Crippen LogP contribution in [0.25, 0.3) is 0 Å². The maximum absolute atomic E-state index is 12.0. The Morgan fingerprint density at radius 1 is 1.35 bits per heavy atom. The van der Waals surface area contributed by atoms with Crippen molar-refractivity contribution in [2.45, 2.75) is 13.0 Å². The summed E-state index contributed by atoms with van der Waals surface area (Å²) in [5.74, 6) is -0.177. The fourth-order valence-corrected chi connectivity index (χ4v) is 2.38. The van der Waals surface area contributed by atoms with Crippen LogP contribution in [0.1, 0.15) is 22.5 Å². The topological polar surface area (TPSA) is 59.0 Å². The van der Waals surface area contributed by atoms with E-state index in [0.29, 0.717) is 22.4 Å². The highest BCUT2D eigenvalue weighted by Crippen LogP contribution is 2.24. The van der Waals surface area contributed by atoms with Crippen LogP contribution in [0.5, 0.6) is 0 Å². The van der Waals surface area contributed by atoms with Crippen molar-refractivity contribution in [1.29, 1.82) is 0 Å². The van der Waals surface area contributed by atoms with E-state index in [1.54, 1.807) is 23.9 Å². The van der Waals surface area contributed by atoms with Gasteiger partial charge in [0.25, 0.3) is 5.91 Å². The van der Waals surface area contributed by atoms with Crippen molar-refractivity contribution in [2.24, 2.45) is 7.05 Å². The molecule has 0 unspecified atom stereocenters. The van der Waals surface area contributed by atoms with Gasteiger partial charge in [0.05, 0.1) is 5.02 Å². The summed E-state index contributed by atoms with van der Waals surface area (Å²) in [4.78, 5) is 16.1. The minimum atomic E-state index is -0.177. The summed E-state index contributed by atoms with van der Waals surface area (Å²) in [7, 11) is 1.71. The summed E-state index contributed by atoms with van der Waals surface area (Å²) >= 11 is 11.8. The zero-order chi connectivity index (χ0) is 15.9. The lowest BCUT2D eigenvalue weighted by Crippen LogP contribution is -2.28. The van der Waals surface area contributed by atoms with Gasteiger partial charge in [-0.15, -0.1) is 12.4 Å². The SMILES string of the molecule is Cl.Cn1c(C(=O)NCCCNCc2cccnc2)cc(Cl)c1Cl. The second kappa shape index (κ2) is 9.78. The molecule has 23 heavy (non-hydrogen) atoms. The van der Waals surface area contributed by atoms with Gasteiger partial charge >= 0.3 is 0 Å². The average Bonchev–Trinajstić information content (AvgIpc) is 2.79. The van der Waals surface area contributed by atoms with Crippen molar-refractivity contribution >= 4 is 41.5 Å². The molecule has 0 fully saturated rings. The van der Waals surface area contributed by atoms with Gasteiger partial charge in [-0.05, 0) is 30.7 Å². The number of carbonyl (C=O) groups excluding carboxylic acids is 1. The molecule has 0 bridgehead atoms. The van der Waals surface area contributed by atoms with Gasteiger partial charge < -0.3 is 15.2 Å². The van der Waals surface area contributed by atoms with E-state index in [4.69, 9.17) is 23.2 Å². The fourth-order valence-electron chi connectivity index (χ4n) is 2.00. The number of halogens is 3. The number of hydrogen-bond donors (Lipinski definition) is 2. The minimum absolute atomic E-state index is 0. The molecule has 0 aliphatic heterocycles. The summed E-state index contributed by atoms with van der Waals surface area (Å²) < 4.78 is 1.57. The van der Waals surface area contributed by atoms with Crippen LogP contribution in [0.15, 0.2) is 30.6 Å². The zero-order valence-electron chi connectivity index (χ0n) is 12.7. The molecule has 0 radical (unpaired) electrons. The van der Waals surface area contributed by atoms with Gasteiger partial charge in [-0.2, -0.15) is 0 Å². The lowest BCUT2D eigenvalue weighted by atomic mass is 10.3. The molecular weight excluding hydrogens is 359 g/mol. The third-order valence-electron chi connectivity index (χ3n) is 3.22. The predicted octanol–water partition coefficient (Wildman–Crippen LogP) is 3.06. The third-order valence-corrected chi connectivity index (χ3v) is 4.06. The van der Waals surface area contributed by atoms with E-state index in [2.05, 4.69) is 15.6 Å². The van der Waals surface area contributed by atoms with Crippen LogP contribution in [-0.4, -0.2) is 28.5 Å². The molecule has 0 saturated carbocycles. The first-order valence-corrected chi connectivity index (χ1v) is 7.73.